The molecule has 7 heteroatoms. The highest BCUT2D eigenvalue weighted by molar-refractivity contribution is 8.18. The molecule has 0 radical (unpaired) electrons. The number of allylic oxidation sites excluding steroid dienone is 1. The number of aryl methyl sites for hydroxylation is 1. The van der Waals surface area contributed by atoms with E-state index in [0.717, 1.165) is 22.6 Å². The number of amides is 1. The zero-order chi connectivity index (χ0) is 25.3. The molecule has 0 N–H and O–H groups in total. The number of anilines is 1. The molecular formula is C28H33N3O3S. The Bertz CT molecular complexity index is 1230. The van der Waals surface area contributed by atoms with Gasteiger partial charge < -0.3 is 14.4 Å². The quantitative estimate of drug-likeness (QED) is 0.472. The first kappa shape index (κ1) is 25.1. The number of aliphatic imine (C=N–C) groups is 1. The average Bonchev–Trinajstić information content (AvgIpc) is 3.11. The maximum absolute atomic E-state index is 13.4. The summed E-state index contributed by atoms with van der Waals surface area (Å²) < 4.78 is 10.5. The summed E-state index contributed by atoms with van der Waals surface area (Å²) in [5.41, 5.74) is 6.54. The molecule has 2 aliphatic rings. The van der Waals surface area contributed by atoms with E-state index in [1.807, 2.05) is 30.3 Å². The molecule has 184 valence electrons. The van der Waals surface area contributed by atoms with E-state index in [2.05, 4.69) is 57.9 Å². The van der Waals surface area contributed by atoms with Gasteiger partial charge in [-0.25, -0.2) is 4.99 Å². The Labute approximate surface area is 212 Å². The number of hydrogen-bond donors (Lipinski definition) is 0. The van der Waals surface area contributed by atoms with Crippen LogP contribution in [0.15, 0.2) is 52.4 Å². The zero-order valence-corrected chi connectivity index (χ0v) is 22.3. The summed E-state index contributed by atoms with van der Waals surface area (Å²) >= 11 is 1.40. The predicted molar refractivity (Wildman–Crippen MR) is 147 cm³/mol. The highest BCUT2D eigenvalue weighted by Crippen LogP contribution is 2.41. The van der Waals surface area contributed by atoms with Crippen molar-refractivity contribution in [2.24, 2.45) is 4.99 Å². The maximum Gasteiger partial charge on any atom is 0.266 e. The summed E-state index contributed by atoms with van der Waals surface area (Å²) in [7, 11) is 5.40. The molecule has 0 atom stereocenters. The van der Waals surface area contributed by atoms with Crippen LogP contribution in [0.5, 0.6) is 5.75 Å². The van der Waals surface area contributed by atoms with Crippen LogP contribution in [-0.2, 0) is 9.53 Å². The molecule has 0 aromatic heterocycles. The van der Waals surface area contributed by atoms with Crippen LogP contribution in [0.3, 0.4) is 0 Å². The molecule has 4 rings (SSSR count). The molecule has 6 nitrogen and oxygen atoms in total. The van der Waals surface area contributed by atoms with Gasteiger partial charge in [-0.1, -0.05) is 6.08 Å². The van der Waals surface area contributed by atoms with Crippen molar-refractivity contribution in [1.82, 2.24) is 4.90 Å². The van der Waals surface area contributed by atoms with Gasteiger partial charge in [0.05, 0.1) is 36.4 Å². The van der Waals surface area contributed by atoms with E-state index in [4.69, 9.17) is 14.5 Å². The van der Waals surface area contributed by atoms with Crippen LogP contribution in [0.25, 0.3) is 11.6 Å². The second-order valence-electron chi connectivity index (χ2n) is 9.42. The van der Waals surface area contributed by atoms with Gasteiger partial charge in [-0.15, -0.1) is 0 Å². The zero-order valence-electron chi connectivity index (χ0n) is 21.5. The molecule has 0 spiro atoms. The Hall–Kier alpha value is -3.03. The van der Waals surface area contributed by atoms with E-state index in [0.29, 0.717) is 23.2 Å². The molecular weight excluding hydrogens is 458 g/mol. The van der Waals surface area contributed by atoms with Gasteiger partial charge in [0.15, 0.2) is 5.17 Å². The van der Waals surface area contributed by atoms with Gasteiger partial charge in [-0.2, -0.15) is 0 Å². The van der Waals surface area contributed by atoms with Gasteiger partial charge in [0.25, 0.3) is 5.91 Å². The topological polar surface area (TPSA) is 54.4 Å². The first-order valence-electron chi connectivity index (χ1n) is 11.7. The summed E-state index contributed by atoms with van der Waals surface area (Å²) in [6.45, 7) is 9.57. The fraction of sp³-hybridized carbons (Fsp3) is 0.357. The van der Waals surface area contributed by atoms with Gasteiger partial charge in [-0.05, 0) is 98.6 Å². The van der Waals surface area contributed by atoms with Crippen LogP contribution in [0, 0.1) is 6.92 Å². The minimum atomic E-state index is -0.0538. The Kier molecular flexibility index (Phi) is 7.10. The van der Waals surface area contributed by atoms with E-state index in [9.17, 15) is 4.79 Å². The van der Waals surface area contributed by atoms with Crippen molar-refractivity contribution in [3.05, 3.63) is 64.1 Å². The number of carbonyl (C=O) groups is 1. The van der Waals surface area contributed by atoms with E-state index in [1.165, 1.54) is 28.6 Å². The van der Waals surface area contributed by atoms with Crippen molar-refractivity contribution in [2.45, 2.75) is 33.2 Å². The number of thioether (sulfide) groups is 1. The molecule has 35 heavy (non-hydrogen) atoms. The van der Waals surface area contributed by atoms with Gasteiger partial charge in [-0.3, -0.25) is 9.69 Å². The lowest BCUT2D eigenvalue weighted by Gasteiger charge is -2.41. The monoisotopic (exact) mass is 491 g/mol. The van der Waals surface area contributed by atoms with E-state index < -0.39 is 0 Å². The minimum absolute atomic E-state index is 0.0462. The smallest absolute Gasteiger partial charge is 0.266 e. The molecule has 2 heterocycles. The number of benzene rings is 2. The lowest BCUT2D eigenvalue weighted by Crippen LogP contribution is -2.42. The van der Waals surface area contributed by atoms with E-state index in [1.54, 1.807) is 19.1 Å². The number of methoxy groups -OCH3 is 2. The summed E-state index contributed by atoms with van der Waals surface area (Å²) in [5, 5.41) is 0.650. The van der Waals surface area contributed by atoms with Crippen molar-refractivity contribution in [1.29, 1.82) is 0 Å². The Morgan fingerprint density at radius 3 is 2.49 bits per heavy atom. The molecule has 0 unspecified atom stereocenters. The molecule has 2 aromatic carbocycles. The summed E-state index contributed by atoms with van der Waals surface area (Å²) in [6.07, 6.45) is 4.29. The Balaban J connectivity index is 1.71. The fourth-order valence-corrected chi connectivity index (χ4v) is 5.37. The first-order chi connectivity index (χ1) is 16.6. The molecule has 1 saturated heterocycles. The standard InChI is InChI=1S/C28H33N3O3S/c1-18-14-24-23(19(2)17-28(3,4)30(24)5)15-20(18)16-25-26(32)31(12-13-33-6)27(35-25)29-21-8-10-22(34-7)11-9-21/h8-11,14-17H,12-13H2,1-7H3/b25-16+,29-27?. The number of nitrogens with zero attached hydrogens (tertiary/aromatic N) is 3. The highest BCUT2D eigenvalue weighted by Gasteiger charge is 2.34. The van der Waals surface area contributed by atoms with Crippen LogP contribution in [0.4, 0.5) is 11.4 Å². The molecule has 1 fully saturated rings. The van der Waals surface area contributed by atoms with Crippen LogP contribution >= 0.6 is 11.8 Å². The third kappa shape index (κ3) is 5.02. The number of ether oxygens (including phenoxy) is 2. The molecule has 0 aliphatic carbocycles. The van der Waals surface area contributed by atoms with Crippen molar-refractivity contribution in [3.8, 4) is 5.75 Å². The second kappa shape index (κ2) is 9.91. The molecule has 1 amide bonds. The molecule has 0 saturated carbocycles. The number of likely N-dealkylation sites (N-methyl/N-ethyl adjacent to an activating group) is 1. The lowest BCUT2D eigenvalue weighted by molar-refractivity contribution is -0.122. The number of amidine groups is 1. The summed E-state index contributed by atoms with van der Waals surface area (Å²) in [4.78, 5) is 22.8. The second-order valence-corrected chi connectivity index (χ2v) is 10.4. The largest absolute Gasteiger partial charge is 0.497 e. The first-order valence-corrected chi connectivity index (χ1v) is 12.5. The van der Waals surface area contributed by atoms with Crippen LogP contribution in [0.2, 0.25) is 0 Å². The van der Waals surface area contributed by atoms with Gasteiger partial charge in [0.2, 0.25) is 0 Å². The number of hydrogen-bond acceptors (Lipinski definition) is 6. The van der Waals surface area contributed by atoms with Gasteiger partial charge in [0, 0.05) is 25.4 Å². The summed E-state index contributed by atoms with van der Waals surface area (Å²) in [6, 6.07) is 11.9. The molecule has 2 aliphatic heterocycles. The van der Waals surface area contributed by atoms with Crippen molar-refractivity contribution in [3.63, 3.8) is 0 Å². The Morgan fingerprint density at radius 1 is 1.11 bits per heavy atom. The van der Waals surface area contributed by atoms with Gasteiger partial charge in [0.1, 0.15) is 5.75 Å². The average molecular weight is 492 g/mol. The van der Waals surface area contributed by atoms with Crippen molar-refractivity contribution >= 4 is 45.9 Å². The van der Waals surface area contributed by atoms with Crippen molar-refractivity contribution < 1.29 is 14.3 Å². The SMILES string of the molecule is COCCN1C(=O)/C(=C\c2cc3c(cc2C)N(C)C(C)(C)C=C3C)SC1=Nc1ccc(OC)cc1. The molecule has 2 aromatic rings. The normalized spacial score (nSPS) is 19.4. The minimum Gasteiger partial charge on any atom is -0.497 e. The lowest BCUT2D eigenvalue weighted by atomic mass is 9.87. The van der Waals surface area contributed by atoms with Crippen LogP contribution in [0.1, 0.15) is 37.5 Å². The highest BCUT2D eigenvalue weighted by atomic mass is 32.2. The third-order valence-electron chi connectivity index (χ3n) is 6.60. The Morgan fingerprint density at radius 2 is 1.83 bits per heavy atom. The number of fused-ring (bicyclic) bond motifs is 1. The molecule has 0 bridgehead atoms. The van der Waals surface area contributed by atoms with E-state index in [-0.39, 0.29) is 11.4 Å². The van der Waals surface area contributed by atoms with Crippen LogP contribution < -0.4 is 9.64 Å². The van der Waals surface area contributed by atoms with Crippen LogP contribution in [-0.4, -0.2) is 55.9 Å². The maximum atomic E-state index is 13.4. The number of rotatable bonds is 6. The third-order valence-corrected chi connectivity index (χ3v) is 7.60. The van der Waals surface area contributed by atoms with Gasteiger partial charge >= 0.3 is 0 Å². The number of carbonyl (C=O) groups excluding carboxylic acids is 1. The summed E-state index contributed by atoms with van der Waals surface area (Å²) in [5.74, 6) is 0.712. The van der Waals surface area contributed by atoms with Crippen molar-refractivity contribution in [2.75, 3.05) is 39.3 Å². The van der Waals surface area contributed by atoms with E-state index >= 15 is 0 Å². The predicted octanol–water partition coefficient (Wildman–Crippen LogP) is 5.89. The fourth-order valence-electron chi connectivity index (χ4n) is 4.35.